The fourth-order valence-corrected chi connectivity index (χ4v) is 2.40. The van der Waals surface area contributed by atoms with Crippen LogP contribution >= 0.6 is 0 Å². The van der Waals surface area contributed by atoms with Crippen LogP contribution in [0.3, 0.4) is 0 Å². The van der Waals surface area contributed by atoms with Crippen LogP contribution in [-0.2, 0) is 0 Å². The summed E-state index contributed by atoms with van der Waals surface area (Å²) < 4.78 is 27.3. The number of aliphatic hydroxyl groups is 1. The maximum atomic E-state index is 13.8. The molecule has 2 N–H and O–H groups in total. The van der Waals surface area contributed by atoms with Crippen molar-refractivity contribution in [2.24, 2.45) is 5.41 Å². The van der Waals surface area contributed by atoms with Crippen LogP contribution in [0.2, 0.25) is 0 Å². The van der Waals surface area contributed by atoms with Crippen molar-refractivity contribution < 1.29 is 13.9 Å². The molecule has 4 heteroatoms. The van der Waals surface area contributed by atoms with Crippen LogP contribution in [-0.4, -0.2) is 18.3 Å². The highest BCUT2D eigenvalue weighted by Crippen LogP contribution is 2.48. The van der Waals surface area contributed by atoms with Gasteiger partial charge in [-0.25, -0.2) is 8.78 Å². The largest absolute Gasteiger partial charge is 0.396 e. The number of hydrogen-bond acceptors (Lipinski definition) is 2. The molecule has 1 fully saturated rings. The minimum absolute atomic E-state index is 0.169. The van der Waals surface area contributed by atoms with Crippen LogP contribution < -0.4 is 5.32 Å². The van der Waals surface area contributed by atoms with E-state index in [0.29, 0.717) is 11.1 Å². The van der Waals surface area contributed by atoms with E-state index in [2.05, 4.69) is 5.32 Å². The summed E-state index contributed by atoms with van der Waals surface area (Å²) in [5, 5.41) is 12.3. The summed E-state index contributed by atoms with van der Waals surface area (Å²) >= 11 is 0. The lowest BCUT2D eigenvalue weighted by Crippen LogP contribution is -2.28. The van der Waals surface area contributed by atoms with E-state index < -0.39 is 0 Å². The molecule has 0 saturated heterocycles. The van der Waals surface area contributed by atoms with Gasteiger partial charge in [-0.1, -0.05) is 0 Å². The lowest BCUT2D eigenvalue weighted by Gasteiger charge is -2.20. The molecule has 2 rings (SSSR count). The number of nitrogens with one attached hydrogen (secondary N) is 1. The van der Waals surface area contributed by atoms with Gasteiger partial charge in [-0.05, 0) is 56.2 Å². The zero-order chi connectivity index (χ0) is 14.0. The third kappa shape index (κ3) is 3.31. The van der Waals surface area contributed by atoms with Crippen molar-refractivity contribution in [1.29, 1.82) is 0 Å². The molecule has 1 aromatic rings. The van der Waals surface area contributed by atoms with Gasteiger partial charge in [0.15, 0.2) is 0 Å². The third-order valence-corrected chi connectivity index (χ3v) is 4.13. The molecule has 0 amide bonds. The Morgan fingerprint density at radius 3 is 2.58 bits per heavy atom. The molecule has 1 aliphatic rings. The van der Waals surface area contributed by atoms with Crippen LogP contribution in [0.25, 0.3) is 0 Å². The molecule has 0 bridgehead atoms. The second-order valence-electron chi connectivity index (χ2n) is 5.70. The molecule has 2 nitrogen and oxygen atoms in total. The quantitative estimate of drug-likeness (QED) is 0.831. The minimum Gasteiger partial charge on any atom is -0.396 e. The van der Waals surface area contributed by atoms with E-state index >= 15 is 0 Å². The summed E-state index contributed by atoms with van der Waals surface area (Å²) in [4.78, 5) is 0. The SMILES string of the molecule is Cc1cc(F)c(C(C)NCC2(CCO)CC2)cc1F. The fourth-order valence-electron chi connectivity index (χ4n) is 2.40. The maximum absolute atomic E-state index is 13.8. The van der Waals surface area contributed by atoms with Gasteiger partial charge >= 0.3 is 0 Å². The topological polar surface area (TPSA) is 32.3 Å². The summed E-state index contributed by atoms with van der Waals surface area (Å²) in [7, 11) is 0. The van der Waals surface area contributed by atoms with E-state index in [-0.39, 0.29) is 29.7 Å². The Balaban J connectivity index is 2.00. The summed E-state index contributed by atoms with van der Waals surface area (Å²) in [5.74, 6) is -0.743. The predicted molar refractivity (Wildman–Crippen MR) is 70.9 cm³/mol. The molecule has 1 aliphatic carbocycles. The van der Waals surface area contributed by atoms with Crippen molar-refractivity contribution >= 4 is 0 Å². The average molecular weight is 269 g/mol. The van der Waals surface area contributed by atoms with E-state index in [1.807, 2.05) is 6.92 Å². The number of aliphatic hydroxyl groups excluding tert-OH is 1. The number of halogens is 2. The molecular weight excluding hydrogens is 248 g/mol. The highest BCUT2D eigenvalue weighted by molar-refractivity contribution is 5.27. The van der Waals surface area contributed by atoms with Gasteiger partial charge in [-0.3, -0.25) is 0 Å². The standard InChI is InChI=1S/C15H21F2NO/c1-10-7-14(17)12(8-13(10)16)11(2)18-9-15(3-4-15)5-6-19/h7-8,11,18-19H,3-6,9H2,1-2H3. The summed E-state index contributed by atoms with van der Waals surface area (Å²) in [6, 6.07) is 2.28. The van der Waals surface area contributed by atoms with E-state index in [4.69, 9.17) is 5.11 Å². The van der Waals surface area contributed by atoms with E-state index in [1.165, 1.54) is 12.1 Å². The van der Waals surface area contributed by atoms with Crippen LogP contribution in [0.1, 0.15) is 43.4 Å². The smallest absolute Gasteiger partial charge is 0.128 e. The van der Waals surface area contributed by atoms with Gasteiger partial charge in [0, 0.05) is 24.8 Å². The summed E-state index contributed by atoms with van der Waals surface area (Å²) in [5.41, 5.74) is 0.859. The number of aryl methyl sites for hydroxylation is 1. The van der Waals surface area contributed by atoms with Gasteiger partial charge in [0.2, 0.25) is 0 Å². The Bertz CT molecular complexity index is 458. The van der Waals surface area contributed by atoms with Gasteiger partial charge < -0.3 is 10.4 Å². The molecule has 0 radical (unpaired) electrons. The Hall–Kier alpha value is -1.00. The first-order valence-electron chi connectivity index (χ1n) is 6.77. The molecule has 1 aromatic carbocycles. The van der Waals surface area contributed by atoms with Gasteiger partial charge in [-0.2, -0.15) is 0 Å². The van der Waals surface area contributed by atoms with E-state index in [1.54, 1.807) is 6.92 Å². The first kappa shape index (κ1) is 14.4. The van der Waals surface area contributed by atoms with Gasteiger partial charge in [0.1, 0.15) is 11.6 Å². The molecular formula is C15H21F2NO. The van der Waals surface area contributed by atoms with Gasteiger partial charge in [0.05, 0.1) is 0 Å². The normalized spacial score (nSPS) is 18.4. The number of hydrogen-bond donors (Lipinski definition) is 2. The third-order valence-electron chi connectivity index (χ3n) is 4.13. The Kier molecular flexibility index (Phi) is 4.21. The van der Waals surface area contributed by atoms with Crippen LogP contribution in [0.15, 0.2) is 12.1 Å². The van der Waals surface area contributed by atoms with E-state index in [9.17, 15) is 8.78 Å². The van der Waals surface area contributed by atoms with Gasteiger partial charge in [-0.15, -0.1) is 0 Å². The monoisotopic (exact) mass is 269 g/mol. The lowest BCUT2D eigenvalue weighted by molar-refractivity contribution is 0.242. The second kappa shape index (κ2) is 5.55. The van der Waals surface area contributed by atoms with Gasteiger partial charge in [0.25, 0.3) is 0 Å². The van der Waals surface area contributed by atoms with E-state index in [0.717, 1.165) is 25.8 Å². The molecule has 0 heterocycles. The maximum Gasteiger partial charge on any atom is 0.128 e. The van der Waals surface area contributed by atoms with Crippen molar-refractivity contribution in [2.75, 3.05) is 13.2 Å². The highest BCUT2D eigenvalue weighted by atomic mass is 19.1. The van der Waals surface area contributed by atoms with Crippen LogP contribution in [0, 0.1) is 24.0 Å². The number of rotatable bonds is 6. The number of benzene rings is 1. The van der Waals surface area contributed by atoms with Crippen LogP contribution in [0.4, 0.5) is 8.78 Å². The molecule has 1 unspecified atom stereocenters. The molecule has 0 spiro atoms. The van der Waals surface area contributed by atoms with Crippen molar-refractivity contribution in [2.45, 2.75) is 39.2 Å². The van der Waals surface area contributed by atoms with Crippen molar-refractivity contribution in [3.8, 4) is 0 Å². The van der Waals surface area contributed by atoms with Crippen LogP contribution in [0.5, 0.6) is 0 Å². The molecule has 19 heavy (non-hydrogen) atoms. The average Bonchev–Trinajstić information content (AvgIpc) is 3.12. The molecule has 1 atom stereocenters. The Morgan fingerprint density at radius 1 is 1.32 bits per heavy atom. The first-order valence-corrected chi connectivity index (χ1v) is 6.77. The predicted octanol–water partition coefficient (Wildman–Crippen LogP) is 3.09. The molecule has 0 aromatic heterocycles. The Morgan fingerprint density at radius 2 is 2.00 bits per heavy atom. The summed E-state index contributed by atoms with van der Waals surface area (Å²) in [6.07, 6.45) is 2.97. The zero-order valence-electron chi connectivity index (χ0n) is 11.5. The molecule has 106 valence electrons. The van der Waals surface area contributed by atoms with Crippen molar-refractivity contribution in [3.63, 3.8) is 0 Å². The summed E-state index contributed by atoms with van der Waals surface area (Å²) in [6.45, 7) is 4.32. The molecule has 1 saturated carbocycles. The highest BCUT2D eigenvalue weighted by Gasteiger charge is 2.41. The minimum atomic E-state index is -0.374. The second-order valence-corrected chi connectivity index (χ2v) is 5.70. The van der Waals surface area contributed by atoms with Crippen molar-refractivity contribution in [1.82, 2.24) is 5.32 Å². The fraction of sp³-hybridized carbons (Fsp3) is 0.600. The van der Waals surface area contributed by atoms with Crippen molar-refractivity contribution in [3.05, 3.63) is 34.9 Å². The lowest BCUT2D eigenvalue weighted by atomic mass is 10.0. The Labute approximate surface area is 112 Å². The molecule has 0 aliphatic heterocycles. The zero-order valence-corrected chi connectivity index (χ0v) is 11.5. The first-order chi connectivity index (χ1) is 8.97.